The van der Waals surface area contributed by atoms with Crippen molar-refractivity contribution in [1.29, 1.82) is 0 Å². The molecule has 10 nitrogen and oxygen atoms in total. The molecule has 13 heteroatoms. The highest BCUT2D eigenvalue weighted by molar-refractivity contribution is 6.04. The van der Waals surface area contributed by atoms with Crippen LogP contribution >= 0.6 is 0 Å². The average molecular weight is 553 g/mol. The van der Waals surface area contributed by atoms with Gasteiger partial charge >= 0.3 is 6.18 Å². The molecule has 1 aliphatic heterocycles. The van der Waals surface area contributed by atoms with Gasteiger partial charge in [-0.05, 0) is 37.1 Å². The smallest absolute Gasteiger partial charge is 0.383 e. The number of pyridine rings is 1. The van der Waals surface area contributed by atoms with Crippen LogP contribution in [0.2, 0.25) is 0 Å². The van der Waals surface area contributed by atoms with Crippen molar-refractivity contribution in [3.63, 3.8) is 0 Å². The first-order valence-corrected chi connectivity index (χ1v) is 12.8. The van der Waals surface area contributed by atoms with Gasteiger partial charge in [0.2, 0.25) is 5.91 Å². The van der Waals surface area contributed by atoms with Crippen LogP contribution in [0.5, 0.6) is 0 Å². The Balaban J connectivity index is 1.42. The van der Waals surface area contributed by atoms with Crippen LogP contribution in [0.15, 0.2) is 48.9 Å². The van der Waals surface area contributed by atoms with Gasteiger partial charge in [0, 0.05) is 36.3 Å². The summed E-state index contributed by atoms with van der Waals surface area (Å²) in [6.07, 6.45) is -0.564. The van der Waals surface area contributed by atoms with Crippen LogP contribution in [-0.4, -0.2) is 54.5 Å². The zero-order valence-corrected chi connectivity index (χ0v) is 21.8. The Morgan fingerprint density at radius 2 is 1.85 bits per heavy atom. The molecule has 1 unspecified atom stereocenters. The van der Waals surface area contributed by atoms with E-state index in [4.69, 9.17) is 10.8 Å². The van der Waals surface area contributed by atoms with E-state index in [1.165, 1.54) is 18.5 Å². The van der Waals surface area contributed by atoms with E-state index < -0.39 is 17.6 Å². The molecule has 0 saturated carbocycles. The van der Waals surface area contributed by atoms with Gasteiger partial charge in [0.05, 0.1) is 17.0 Å². The summed E-state index contributed by atoms with van der Waals surface area (Å²) in [5, 5.41) is 7.79. The third-order valence-corrected chi connectivity index (χ3v) is 6.82. The van der Waals surface area contributed by atoms with Crippen LogP contribution in [-0.2, 0) is 11.0 Å². The molecule has 208 valence electrons. The van der Waals surface area contributed by atoms with E-state index in [9.17, 15) is 22.8 Å². The predicted octanol–water partition coefficient (Wildman–Crippen LogP) is 4.56. The van der Waals surface area contributed by atoms with Crippen molar-refractivity contribution in [2.75, 3.05) is 24.1 Å². The summed E-state index contributed by atoms with van der Waals surface area (Å²) >= 11 is 0. The fraction of sp³-hybridized carbons (Fsp3) is 0.333. The fourth-order valence-electron chi connectivity index (χ4n) is 4.81. The predicted molar refractivity (Wildman–Crippen MR) is 142 cm³/mol. The Bertz CT molecular complexity index is 1570. The summed E-state index contributed by atoms with van der Waals surface area (Å²) in [4.78, 5) is 39.6. The van der Waals surface area contributed by atoms with Crippen molar-refractivity contribution >= 4 is 34.5 Å². The molecule has 1 atom stereocenters. The molecule has 1 aliphatic rings. The van der Waals surface area contributed by atoms with E-state index in [0.717, 1.165) is 31.2 Å². The molecule has 0 bridgehead atoms. The number of amides is 2. The molecule has 0 radical (unpaired) electrons. The SMILES string of the molecule is CC(C)C(=O)N1CCCC(n2nc(-c3ccc(C(=O)Nc4cc(C(F)(F)F)ccn4)cc3)c3c(N)ncnc32)C1. The van der Waals surface area contributed by atoms with Gasteiger partial charge in [0.25, 0.3) is 5.91 Å². The Labute approximate surface area is 227 Å². The van der Waals surface area contributed by atoms with Crippen molar-refractivity contribution in [3.05, 3.63) is 60.0 Å². The molecule has 1 fully saturated rings. The van der Waals surface area contributed by atoms with Crippen molar-refractivity contribution in [3.8, 4) is 11.3 Å². The van der Waals surface area contributed by atoms with E-state index in [0.29, 0.717) is 35.4 Å². The maximum atomic E-state index is 13.0. The van der Waals surface area contributed by atoms with Crippen LogP contribution < -0.4 is 11.1 Å². The van der Waals surface area contributed by atoms with Crippen LogP contribution in [0.1, 0.15) is 48.7 Å². The number of carbonyl (C=O) groups excluding carboxylic acids is 2. The number of nitrogens with two attached hydrogens (primary N) is 1. The lowest BCUT2D eigenvalue weighted by Crippen LogP contribution is -2.42. The molecule has 1 aromatic carbocycles. The summed E-state index contributed by atoms with van der Waals surface area (Å²) in [5.74, 6) is -0.606. The molecule has 2 amide bonds. The summed E-state index contributed by atoms with van der Waals surface area (Å²) in [5.41, 5.74) is 7.25. The monoisotopic (exact) mass is 552 g/mol. The Hall–Kier alpha value is -4.55. The molecule has 3 N–H and O–H groups in total. The van der Waals surface area contributed by atoms with Crippen molar-refractivity contribution in [2.24, 2.45) is 5.92 Å². The molecule has 3 aromatic heterocycles. The van der Waals surface area contributed by atoms with Crippen LogP contribution in [0.4, 0.5) is 24.8 Å². The summed E-state index contributed by atoms with van der Waals surface area (Å²) in [7, 11) is 0. The van der Waals surface area contributed by atoms with Gasteiger partial charge in [-0.3, -0.25) is 9.59 Å². The Morgan fingerprint density at radius 1 is 1.10 bits per heavy atom. The molecule has 5 rings (SSSR count). The van der Waals surface area contributed by atoms with Crippen molar-refractivity contribution in [1.82, 2.24) is 29.6 Å². The van der Waals surface area contributed by atoms with E-state index in [-0.39, 0.29) is 35.1 Å². The molecular weight excluding hydrogens is 525 g/mol. The van der Waals surface area contributed by atoms with Crippen LogP contribution in [0, 0.1) is 5.92 Å². The third-order valence-electron chi connectivity index (χ3n) is 6.82. The number of anilines is 2. The highest BCUT2D eigenvalue weighted by Gasteiger charge is 2.31. The lowest BCUT2D eigenvalue weighted by atomic mass is 10.0. The number of hydrogen-bond donors (Lipinski definition) is 2. The first kappa shape index (κ1) is 27.0. The molecule has 0 spiro atoms. The maximum absolute atomic E-state index is 13.0. The number of halogens is 3. The molecule has 40 heavy (non-hydrogen) atoms. The number of nitrogens with one attached hydrogen (secondary N) is 1. The third kappa shape index (κ3) is 5.31. The van der Waals surface area contributed by atoms with Gasteiger partial charge in [-0.1, -0.05) is 26.0 Å². The Kier molecular flexibility index (Phi) is 7.13. The average Bonchev–Trinajstić information content (AvgIpc) is 3.33. The number of fused-ring (bicyclic) bond motifs is 1. The quantitative estimate of drug-likeness (QED) is 0.371. The van der Waals surface area contributed by atoms with Crippen LogP contribution in [0.3, 0.4) is 0 Å². The number of likely N-dealkylation sites (tertiary alicyclic amines) is 1. The number of hydrogen-bond acceptors (Lipinski definition) is 7. The second-order valence-corrected chi connectivity index (χ2v) is 9.94. The minimum absolute atomic E-state index is 0.0877. The van der Waals surface area contributed by atoms with Gasteiger partial charge in [-0.2, -0.15) is 18.3 Å². The highest BCUT2D eigenvalue weighted by atomic mass is 19.4. The summed E-state index contributed by atoms with van der Waals surface area (Å²) in [6, 6.07) is 7.91. The minimum atomic E-state index is -4.55. The summed E-state index contributed by atoms with van der Waals surface area (Å²) < 4.78 is 40.8. The largest absolute Gasteiger partial charge is 0.416 e. The van der Waals surface area contributed by atoms with Gasteiger partial charge in [0.15, 0.2) is 5.65 Å². The number of benzene rings is 1. The Morgan fingerprint density at radius 3 is 2.55 bits per heavy atom. The standard InChI is InChI=1S/C27H27F3N8O2/c1-15(2)26(40)37-11-3-4-19(13-37)38-24-21(23(31)33-14-34-24)22(36-38)16-5-7-17(8-6-16)25(39)35-20-12-18(9-10-32-20)27(28,29)30/h5-10,12,14-15,19H,3-4,11,13H2,1-2H3,(H2,31,33,34)(H,32,35,39). The first-order chi connectivity index (χ1) is 19.0. The first-order valence-electron chi connectivity index (χ1n) is 12.8. The number of nitrogen functional groups attached to an aromatic ring is 1. The molecule has 4 heterocycles. The second kappa shape index (κ2) is 10.5. The van der Waals surface area contributed by atoms with E-state index in [1.807, 2.05) is 18.7 Å². The van der Waals surface area contributed by atoms with E-state index in [2.05, 4.69) is 20.3 Å². The highest BCUT2D eigenvalue weighted by Crippen LogP contribution is 2.34. The van der Waals surface area contributed by atoms with E-state index in [1.54, 1.807) is 16.8 Å². The zero-order valence-electron chi connectivity index (χ0n) is 21.8. The van der Waals surface area contributed by atoms with Crippen molar-refractivity contribution in [2.45, 2.75) is 38.9 Å². The number of aromatic nitrogens is 5. The molecular formula is C27H27F3N8O2. The van der Waals surface area contributed by atoms with Gasteiger partial charge < -0.3 is 16.0 Å². The molecule has 4 aromatic rings. The fourth-order valence-corrected chi connectivity index (χ4v) is 4.81. The number of carbonyl (C=O) groups is 2. The normalized spacial score (nSPS) is 15.9. The number of nitrogens with zero attached hydrogens (tertiary/aromatic N) is 6. The number of alkyl halides is 3. The summed E-state index contributed by atoms with van der Waals surface area (Å²) in [6.45, 7) is 4.94. The maximum Gasteiger partial charge on any atom is 0.416 e. The topological polar surface area (TPSA) is 132 Å². The lowest BCUT2D eigenvalue weighted by molar-refractivity contribution is -0.137. The van der Waals surface area contributed by atoms with Gasteiger partial charge in [-0.25, -0.2) is 19.6 Å². The molecule has 1 saturated heterocycles. The van der Waals surface area contributed by atoms with Gasteiger partial charge in [0.1, 0.15) is 23.7 Å². The lowest BCUT2D eigenvalue weighted by Gasteiger charge is -2.34. The van der Waals surface area contributed by atoms with Crippen LogP contribution in [0.25, 0.3) is 22.3 Å². The number of rotatable bonds is 5. The molecule has 0 aliphatic carbocycles. The van der Waals surface area contributed by atoms with E-state index >= 15 is 0 Å². The minimum Gasteiger partial charge on any atom is -0.383 e. The second-order valence-electron chi connectivity index (χ2n) is 9.94. The van der Waals surface area contributed by atoms with Gasteiger partial charge in [-0.15, -0.1) is 0 Å². The zero-order chi connectivity index (χ0) is 28.6. The van der Waals surface area contributed by atoms with Crippen molar-refractivity contribution < 1.29 is 22.8 Å². The number of piperidine rings is 1.